The fourth-order valence-corrected chi connectivity index (χ4v) is 11.4. The second-order valence-corrected chi connectivity index (χ2v) is 14.9. The van der Waals surface area contributed by atoms with E-state index in [4.69, 9.17) is 23.7 Å². The van der Waals surface area contributed by atoms with Gasteiger partial charge in [0.1, 0.15) is 23.9 Å². The van der Waals surface area contributed by atoms with Gasteiger partial charge in [0.05, 0.1) is 30.3 Å². The molecule has 0 aromatic rings. The van der Waals surface area contributed by atoms with E-state index in [0.29, 0.717) is 18.4 Å². The van der Waals surface area contributed by atoms with Gasteiger partial charge in [-0.15, -0.1) is 0 Å². The van der Waals surface area contributed by atoms with Gasteiger partial charge in [-0.25, -0.2) is 14.4 Å². The summed E-state index contributed by atoms with van der Waals surface area (Å²) in [4.78, 5) is 64.4. The Kier molecular flexibility index (Phi) is 6.02. The van der Waals surface area contributed by atoms with Crippen LogP contribution < -0.4 is 0 Å². The molecular formula is C33H40O11. The van der Waals surface area contributed by atoms with Gasteiger partial charge in [0.15, 0.2) is 5.78 Å². The van der Waals surface area contributed by atoms with Crippen molar-refractivity contribution in [2.24, 2.45) is 39.4 Å². The number of cyclic esters (lactones) is 2. The maximum Gasteiger partial charge on any atom is 0.342 e. The van der Waals surface area contributed by atoms with Crippen molar-refractivity contribution in [2.45, 2.75) is 104 Å². The summed E-state index contributed by atoms with van der Waals surface area (Å²) >= 11 is 0. The molecule has 11 heteroatoms. The van der Waals surface area contributed by atoms with E-state index in [1.165, 1.54) is 6.92 Å². The number of epoxide rings is 1. The zero-order valence-corrected chi connectivity index (χ0v) is 26.1. The minimum absolute atomic E-state index is 0.0364. The molecule has 1 N–H and O–H groups in total. The number of hydrogen-bond donors (Lipinski definition) is 1. The van der Waals surface area contributed by atoms with Crippen LogP contribution in [0.2, 0.25) is 0 Å². The Morgan fingerprint density at radius 2 is 1.77 bits per heavy atom. The van der Waals surface area contributed by atoms with Gasteiger partial charge < -0.3 is 28.8 Å². The maximum atomic E-state index is 14.0. The topological polar surface area (TPSA) is 155 Å². The molecule has 2 saturated heterocycles. The van der Waals surface area contributed by atoms with E-state index in [-0.39, 0.29) is 36.2 Å². The first-order valence-electron chi connectivity index (χ1n) is 15.5. The van der Waals surface area contributed by atoms with Crippen LogP contribution in [0.3, 0.4) is 0 Å². The first kappa shape index (κ1) is 29.8. The zero-order chi connectivity index (χ0) is 31.9. The molecule has 6 fully saturated rings. The van der Waals surface area contributed by atoms with Crippen LogP contribution in [0.4, 0.5) is 0 Å². The molecule has 238 valence electrons. The van der Waals surface area contributed by atoms with Crippen LogP contribution in [0, 0.1) is 39.4 Å². The first-order chi connectivity index (χ1) is 20.5. The number of allylic oxidation sites excluding steroid dienone is 1. The summed E-state index contributed by atoms with van der Waals surface area (Å²) < 4.78 is 29.9. The number of aliphatic hydroxyl groups is 1. The van der Waals surface area contributed by atoms with E-state index < -0.39 is 87.6 Å². The second kappa shape index (κ2) is 8.88. The van der Waals surface area contributed by atoms with Crippen molar-refractivity contribution in [3.8, 4) is 0 Å². The summed E-state index contributed by atoms with van der Waals surface area (Å²) in [6.07, 6.45) is -0.0185. The highest BCUT2D eigenvalue weighted by atomic mass is 16.6. The predicted molar refractivity (Wildman–Crippen MR) is 149 cm³/mol. The summed E-state index contributed by atoms with van der Waals surface area (Å²) in [5, 5.41) is 12.5. The summed E-state index contributed by atoms with van der Waals surface area (Å²) in [5.41, 5.74) is -4.13. The van der Waals surface area contributed by atoms with Crippen LogP contribution in [-0.4, -0.2) is 77.5 Å². The molecule has 44 heavy (non-hydrogen) atoms. The van der Waals surface area contributed by atoms with Crippen LogP contribution in [0.15, 0.2) is 23.3 Å². The Labute approximate surface area is 255 Å². The van der Waals surface area contributed by atoms with E-state index in [1.54, 1.807) is 19.9 Å². The number of carbonyl (C=O) groups is 5. The van der Waals surface area contributed by atoms with Gasteiger partial charge in [-0.1, -0.05) is 33.8 Å². The SMILES string of the molecule is CC=C(C)C(=O)OC1CC(OC(C)=O)C2(C)COC3C2C1(C)C1CCC2(C)C(C4=CC(=O)OC4=O)C(=O)C4OC42C1(C)C3O. The van der Waals surface area contributed by atoms with Crippen molar-refractivity contribution in [1.29, 1.82) is 0 Å². The summed E-state index contributed by atoms with van der Waals surface area (Å²) in [7, 11) is 0. The van der Waals surface area contributed by atoms with Gasteiger partial charge in [-0.05, 0) is 32.6 Å². The molecule has 0 radical (unpaired) electrons. The van der Waals surface area contributed by atoms with E-state index in [2.05, 4.69) is 6.92 Å². The lowest BCUT2D eigenvalue weighted by Gasteiger charge is -2.70. The number of carbonyl (C=O) groups excluding carboxylic acids is 5. The van der Waals surface area contributed by atoms with Crippen molar-refractivity contribution in [2.75, 3.05) is 6.61 Å². The van der Waals surface area contributed by atoms with Crippen molar-refractivity contribution >= 4 is 29.7 Å². The molecule has 1 spiro atoms. The van der Waals surface area contributed by atoms with Crippen LogP contribution in [0.25, 0.3) is 0 Å². The number of ketones is 1. The Morgan fingerprint density at radius 3 is 2.39 bits per heavy atom. The molecule has 0 aromatic carbocycles. The van der Waals surface area contributed by atoms with Gasteiger partial charge >= 0.3 is 23.9 Å². The standard InChI is InChI=1S/C33H40O11/c1-8-14(2)27(38)42-19-12-18(41-15(3)34)29(4)13-40-23-24(29)31(19,6)17-9-10-30(5)21(16-11-20(35)43-28(16)39)22(36)26-33(30,44-26)32(17,7)25(23)37/h8,11,17-19,21,23-26,37H,9-10,12-13H2,1-7H3. The Hall–Kier alpha value is -2.89. The van der Waals surface area contributed by atoms with E-state index in [9.17, 15) is 29.1 Å². The number of Topliss-reactive ketones (excluding diaryl/α,β-unsaturated/α-hetero) is 1. The monoisotopic (exact) mass is 612 g/mol. The molecule has 4 aliphatic carbocycles. The van der Waals surface area contributed by atoms with Crippen molar-refractivity contribution < 1.29 is 52.8 Å². The molecule has 13 unspecified atom stereocenters. The molecule has 0 bridgehead atoms. The molecule has 3 aliphatic heterocycles. The van der Waals surface area contributed by atoms with Crippen molar-refractivity contribution in [1.82, 2.24) is 0 Å². The highest BCUT2D eigenvalue weighted by molar-refractivity contribution is 6.14. The maximum absolute atomic E-state index is 14.0. The number of hydrogen-bond acceptors (Lipinski definition) is 11. The second-order valence-electron chi connectivity index (χ2n) is 14.9. The Balaban J connectivity index is 1.38. The third-order valence-corrected chi connectivity index (χ3v) is 13.3. The third-order valence-electron chi connectivity index (χ3n) is 13.3. The molecule has 3 heterocycles. The summed E-state index contributed by atoms with van der Waals surface area (Å²) in [6, 6.07) is 0. The number of fused-ring (bicyclic) bond motifs is 2. The van der Waals surface area contributed by atoms with Crippen LogP contribution in [-0.2, 0) is 47.7 Å². The van der Waals surface area contributed by atoms with Gasteiger partial charge in [-0.3, -0.25) is 9.59 Å². The quantitative estimate of drug-likeness (QED) is 0.164. The summed E-state index contributed by atoms with van der Waals surface area (Å²) in [5.74, 6) is -4.43. The lowest BCUT2D eigenvalue weighted by atomic mass is 9.34. The van der Waals surface area contributed by atoms with E-state index in [1.807, 2.05) is 20.8 Å². The third kappa shape index (κ3) is 3.16. The molecule has 4 saturated carbocycles. The predicted octanol–water partition coefficient (Wildman–Crippen LogP) is 2.37. The van der Waals surface area contributed by atoms with Crippen LogP contribution >= 0.6 is 0 Å². The van der Waals surface area contributed by atoms with Gasteiger partial charge in [0, 0.05) is 52.6 Å². The molecule has 7 aliphatic rings. The van der Waals surface area contributed by atoms with Gasteiger partial charge in [-0.2, -0.15) is 0 Å². The average molecular weight is 613 g/mol. The molecule has 0 amide bonds. The molecule has 0 aromatic heterocycles. The number of aliphatic hydroxyl groups excluding tert-OH is 1. The fourth-order valence-electron chi connectivity index (χ4n) is 11.4. The van der Waals surface area contributed by atoms with Crippen LogP contribution in [0.1, 0.15) is 67.7 Å². The lowest BCUT2D eigenvalue weighted by Crippen LogP contribution is -2.76. The fraction of sp³-hybridized carbons (Fsp3) is 0.727. The van der Waals surface area contributed by atoms with Gasteiger partial charge in [0.2, 0.25) is 0 Å². The minimum Gasteiger partial charge on any atom is -0.462 e. The van der Waals surface area contributed by atoms with Gasteiger partial charge in [0.25, 0.3) is 0 Å². The number of rotatable bonds is 4. The number of esters is 4. The summed E-state index contributed by atoms with van der Waals surface area (Å²) in [6.45, 7) is 13.0. The Morgan fingerprint density at radius 1 is 1.07 bits per heavy atom. The minimum atomic E-state index is -1.16. The zero-order valence-electron chi connectivity index (χ0n) is 26.1. The van der Waals surface area contributed by atoms with Crippen molar-refractivity contribution in [3.05, 3.63) is 23.3 Å². The smallest absolute Gasteiger partial charge is 0.342 e. The molecular weight excluding hydrogens is 572 g/mol. The first-order valence-corrected chi connectivity index (χ1v) is 15.5. The normalized spacial score (nSPS) is 51.9. The highest BCUT2D eigenvalue weighted by Crippen LogP contribution is 2.82. The largest absolute Gasteiger partial charge is 0.462 e. The molecule has 7 rings (SSSR count). The molecule has 11 nitrogen and oxygen atoms in total. The number of ether oxygens (including phenoxy) is 5. The Bertz CT molecular complexity index is 1480. The van der Waals surface area contributed by atoms with E-state index >= 15 is 0 Å². The van der Waals surface area contributed by atoms with E-state index in [0.717, 1.165) is 6.08 Å². The van der Waals surface area contributed by atoms with Crippen LogP contribution in [0.5, 0.6) is 0 Å². The average Bonchev–Trinajstić information content (AvgIpc) is 3.43. The lowest BCUT2D eigenvalue weighted by molar-refractivity contribution is -0.294. The molecule has 13 atom stereocenters. The van der Waals surface area contributed by atoms with Crippen molar-refractivity contribution in [3.63, 3.8) is 0 Å². The highest BCUT2D eigenvalue weighted by Gasteiger charge is 2.92.